The number of carbonyl (C=O) groups is 2. The van der Waals surface area contributed by atoms with Gasteiger partial charge >= 0.3 is 6.61 Å². The minimum Gasteiger partial charge on any atom is -0.490 e. The first-order chi connectivity index (χ1) is 12.7. The van der Waals surface area contributed by atoms with Crippen LogP contribution in [0.1, 0.15) is 39.2 Å². The Morgan fingerprint density at radius 1 is 1.22 bits per heavy atom. The maximum absolute atomic E-state index is 12.4. The highest BCUT2D eigenvalue weighted by Gasteiger charge is 2.15. The number of nitrogens with zero attached hydrogens (tertiary/aromatic N) is 1. The van der Waals surface area contributed by atoms with Crippen LogP contribution in [0, 0.1) is 5.92 Å². The number of amides is 2. The highest BCUT2D eigenvalue weighted by molar-refractivity contribution is 5.84. The molecule has 0 unspecified atom stereocenters. The second-order valence-electron chi connectivity index (χ2n) is 6.55. The molecule has 152 valence electrons. The summed E-state index contributed by atoms with van der Waals surface area (Å²) in [4.78, 5) is 25.3. The summed E-state index contributed by atoms with van der Waals surface area (Å²) in [6.07, 6.45) is 1.15. The fraction of sp³-hybridized carbons (Fsp3) is 0.579. The third kappa shape index (κ3) is 8.70. The van der Waals surface area contributed by atoms with Crippen LogP contribution >= 0.6 is 0 Å². The van der Waals surface area contributed by atoms with E-state index in [0.717, 1.165) is 6.42 Å². The molecule has 2 amide bonds. The number of hydrogen-bond donors (Lipinski definition) is 1. The number of alkyl halides is 2. The summed E-state index contributed by atoms with van der Waals surface area (Å²) in [5.74, 6) is 0.155. The molecule has 0 aliphatic rings. The Morgan fingerprint density at radius 3 is 2.52 bits per heavy atom. The lowest BCUT2D eigenvalue weighted by Gasteiger charge is -2.19. The number of carbonyl (C=O) groups excluding carboxylic acids is 2. The van der Waals surface area contributed by atoms with Crippen LogP contribution in [-0.4, -0.2) is 43.5 Å². The molecule has 8 heteroatoms. The number of halogens is 2. The van der Waals surface area contributed by atoms with Crippen molar-refractivity contribution in [1.29, 1.82) is 0 Å². The summed E-state index contributed by atoms with van der Waals surface area (Å²) in [6.45, 7) is 3.30. The molecule has 0 heterocycles. The largest absolute Gasteiger partial charge is 0.490 e. The molecular weight excluding hydrogens is 358 g/mol. The molecule has 1 aromatic rings. The van der Waals surface area contributed by atoms with Gasteiger partial charge in [-0.15, -0.1) is 0 Å². The molecule has 1 N–H and O–H groups in total. The quantitative estimate of drug-likeness (QED) is 0.634. The molecule has 1 rings (SSSR count). The molecule has 0 spiro atoms. The number of hydrogen-bond acceptors (Lipinski definition) is 4. The number of benzene rings is 1. The first kappa shape index (κ1) is 22.7. The van der Waals surface area contributed by atoms with Gasteiger partial charge in [0, 0.05) is 20.0 Å². The maximum atomic E-state index is 12.4. The summed E-state index contributed by atoms with van der Waals surface area (Å²) in [5, 5.41) is 2.61. The van der Waals surface area contributed by atoms with E-state index < -0.39 is 6.61 Å². The Hall–Kier alpha value is -2.38. The van der Waals surface area contributed by atoms with Crippen LogP contribution in [0.15, 0.2) is 18.2 Å². The summed E-state index contributed by atoms with van der Waals surface area (Å²) >= 11 is 0. The van der Waals surface area contributed by atoms with Crippen LogP contribution in [0.4, 0.5) is 8.78 Å². The van der Waals surface area contributed by atoms with Crippen LogP contribution in [0.3, 0.4) is 0 Å². The minimum absolute atomic E-state index is 0.0537. The predicted octanol–water partition coefficient (Wildman–Crippen LogP) is 3.20. The highest BCUT2D eigenvalue weighted by atomic mass is 19.3. The topological polar surface area (TPSA) is 67.9 Å². The molecule has 0 bridgehead atoms. The first-order valence-corrected chi connectivity index (χ1v) is 8.94. The van der Waals surface area contributed by atoms with E-state index in [9.17, 15) is 18.4 Å². The van der Waals surface area contributed by atoms with E-state index in [1.807, 2.05) is 13.8 Å². The zero-order valence-corrected chi connectivity index (χ0v) is 16.3. The monoisotopic (exact) mass is 386 g/mol. The molecule has 0 aromatic heterocycles. The van der Waals surface area contributed by atoms with Crippen LogP contribution in [0.25, 0.3) is 0 Å². The van der Waals surface area contributed by atoms with Crippen molar-refractivity contribution in [2.24, 2.45) is 5.92 Å². The molecule has 0 atom stereocenters. The summed E-state index contributed by atoms with van der Waals surface area (Å²) in [7, 11) is 1.60. The standard InChI is InChI=1S/C19H28F2N2O4/c1-5-26-16-10-14(7-8-15(16)27-19(20)21)12-23(4)18(25)11-22-17(24)9-6-13(2)3/h7-8,10,13,19H,5-6,9,11-12H2,1-4H3,(H,22,24). The van der Waals surface area contributed by atoms with Gasteiger partial charge in [0.1, 0.15) is 0 Å². The molecule has 0 fully saturated rings. The van der Waals surface area contributed by atoms with E-state index >= 15 is 0 Å². The lowest BCUT2D eigenvalue weighted by Crippen LogP contribution is -2.37. The van der Waals surface area contributed by atoms with Crippen molar-refractivity contribution in [3.63, 3.8) is 0 Å². The molecule has 0 saturated carbocycles. The fourth-order valence-electron chi connectivity index (χ4n) is 2.29. The van der Waals surface area contributed by atoms with Crippen molar-refractivity contribution in [3.8, 4) is 11.5 Å². The summed E-state index contributed by atoms with van der Waals surface area (Å²) in [5.41, 5.74) is 0.696. The average molecular weight is 386 g/mol. The normalized spacial score (nSPS) is 10.8. The highest BCUT2D eigenvalue weighted by Crippen LogP contribution is 2.30. The summed E-state index contributed by atoms with van der Waals surface area (Å²) in [6, 6.07) is 4.54. The van der Waals surface area contributed by atoms with Crippen LogP contribution in [-0.2, 0) is 16.1 Å². The van der Waals surface area contributed by atoms with E-state index in [1.165, 1.54) is 11.0 Å². The van der Waals surface area contributed by atoms with Crippen molar-refractivity contribution in [3.05, 3.63) is 23.8 Å². The van der Waals surface area contributed by atoms with E-state index in [4.69, 9.17) is 4.74 Å². The van der Waals surface area contributed by atoms with E-state index in [2.05, 4.69) is 10.1 Å². The predicted molar refractivity (Wildman–Crippen MR) is 97.8 cm³/mol. The summed E-state index contributed by atoms with van der Waals surface area (Å²) < 4.78 is 34.6. The van der Waals surface area contributed by atoms with Gasteiger partial charge in [-0.3, -0.25) is 9.59 Å². The van der Waals surface area contributed by atoms with Crippen molar-refractivity contribution < 1.29 is 27.8 Å². The van der Waals surface area contributed by atoms with Crippen LogP contribution in [0.2, 0.25) is 0 Å². The molecule has 1 aromatic carbocycles. The molecule has 0 aliphatic heterocycles. The molecule has 6 nitrogen and oxygen atoms in total. The number of ether oxygens (including phenoxy) is 2. The van der Waals surface area contributed by atoms with Crippen molar-refractivity contribution in [2.75, 3.05) is 20.2 Å². The average Bonchev–Trinajstić information content (AvgIpc) is 2.59. The second-order valence-corrected chi connectivity index (χ2v) is 6.55. The number of nitrogens with one attached hydrogen (secondary N) is 1. The zero-order chi connectivity index (χ0) is 20.4. The SMILES string of the molecule is CCOc1cc(CN(C)C(=O)CNC(=O)CCC(C)C)ccc1OC(F)F. The third-order valence-corrected chi connectivity index (χ3v) is 3.76. The van der Waals surface area contributed by atoms with E-state index in [1.54, 1.807) is 26.1 Å². The molecule has 27 heavy (non-hydrogen) atoms. The molecule has 0 aliphatic carbocycles. The van der Waals surface area contributed by atoms with Gasteiger partial charge in [0.15, 0.2) is 11.5 Å². The van der Waals surface area contributed by atoms with Gasteiger partial charge in [-0.2, -0.15) is 8.78 Å². The second kappa shape index (κ2) is 11.4. The number of likely N-dealkylation sites (N-methyl/N-ethyl adjacent to an activating group) is 1. The zero-order valence-electron chi connectivity index (χ0n) is 16.3. The van der Waals surface area contributed by atoms with Gasteiger partial charge in [-0.25, -0.2) is 0 Å². The fourth-order valence-corrected chi connectivity index (χ4v) is 2.29. The smallest absolute Gasteiger partial charge is 0.387 e. The van der Waals surface area contributed by atoms with Crippen molar-refractivity contribution in [1.82, 2.24) is 10.2 Å². The van der Waals surface area contributed by atoms with Gasteiger partial charge in [-0.1, -0.05) is 19.9 Å². The Labute approximate surface area is 158 Å². The van der Waals surface area contributed by atoms with Crippen LogP contribution in [0.5, 0.6) is 11.5 Å². The molecular formula is C19H28F2N2O4. The maximum Gasteiger partial charge on any atom is 0.387 e. The minimum atomic E-state index is -2.95. The Balaban J connectivity index is 2.61. The Morgan fingerprint density at radius 2 is 1.93 bits per heavy atom. The van der Waals surface area contributed by atoms with E-state index in [0.29, 0.717) is 24.5 Å². The van der Waals surface area contributed by atoms with E-state index in [-0.39, 0.29) is 36.4 Å². The molecule has 0 saturated heterocycles. The Kier molecular flexibility index (Phi) is 9.53. The van der Waals surface area contributed by atoms with Gasteiger partial charge in [0.2, 0.25) is 11.8 Å². The Bertz CT molecular complexity index is 624. The van der Waals surface area contributed by atoms with Gasteiger partial charge in [0.05, 0.1) is 13.2 Å². The van der Waals surface area contributed by atoms with Crippen LogP contribution < -0.4 is 14.8 Å². The third-order valence-electron chi connectivity index (χ3n) is 3.76. The lowest BCUT2D eigenvalue weighted by molar-refractivity contribution is -0.132. The van der Waals surface area contributed by atoms with Crippen molar-refractivity contribution >= 4 is 11.8 Å². The lowest BCUT2D eigenvalue weighted by atomic mass is 10.1. The van der Waals surface area contributed by atoms with Crippen molar-refractivity contribution in [2.45, 2.75) is 46.8 Å². The van der Waals surface area contributed by atoms with Gasteiger partial charge in [-0.05, 0) is 37.0 Å². The van der Waals surface area contributed by atoms with Gasteiger partial charge in [0.25, 0.3) is 0 Å². The number of rotatable bonds is 11. The van der Waals surface area contributed by atoms with Gasteiger partial charge < -0.3 is 19.7 Å². The first-order valence-electron chi connectivity index (χ1n) is 8.94. The molecule has 0 radical (unpaired) electrons.